The molecule has 0 fully saturated rings. The zero-order valence-electron chi connectivity index (χ0n) is 8.24. The third-order valence-electron chi connectivity index (χ3n) is 1.56. The van der Waals surface area contributed by atoms with E-state index in [4.69, 9.17) is 16.9 Å². The summed E-state index contributed by atoms with van der Waals surface area (Å²) in [5, 5.41) is 9.50. The lowest BCUT2D eigenvalue weighted by Gasteiger charge is -2.18. The number of rotatable bonds is 2. The van der Waals surface area contributed by atoms with E-state index >= 15 is 0 Å². The molecule has 0 unspecified atom stereocenters. The van der Waals surface area contributed by atoms with Gasteiger partial charge in [-0.15, -0.1) is 0 Å². The summed E-state index contributed by atoms with van der Waals surface area (Å²) >= 11 is 6.06. The van der Waals surface area contributed by atoms with Gasteiger partial charge >= 0.3 is 0 Å². The predicted octanol–water partition coefficient (Wildman–Crippen LogP) is 3.85. The van der Waals surface area contributed by atoms with E-state index in [9.17, 15) is 0 Å². The third-order valence-corrected chi connectivity index (χ3v) is 2.35. The zero-order chi connectivity index (χ0) is 9.78. The molecule has 0 bridgehead atoms. The Bertz CT molecular complexity index is 215. The average molecular weight is 186 g/mol. The van der Waals surface area contributed by atoms with Gasteiger partial charge in [0, 0.05) is 10.6 Å². The van der Waals surface area contributed by atoms with Crippen LogP contribution in [-0.4, -0.2) is 0 Å². The van der Waals surface area contributed by atoms with Crippen molar-refractivity contribution in [3.05, 3.63) is 10.6 Å². The molecule has 0 radical (unpaired) electrons. The van der Waals surface area contributed by atoms with Crippen molar-refractivity contribution in [1.29, 1.82) is 5.26 Å². The standard InChI is InChI=1S/C10H16ClN/c1-5-6-8(7-12)9(11)10(2,3)4/h5-6H2,1-4H3. The van der Waals surface area contributed by atoms with Gasteiger partial charge in [-0.2, -0.15) is 5.26 Å². The number of allylic oxidation sites excluding steroid dienone is 2. The van der Waals surface area contributed by atoms with Crippen LogP contribution in [0.1, 0.15) is 40.5 Å². The van der Waals surface area contributed by atoms with Crippen LogP contribution in [0.2, 0.25) is 0 Å². The van der Waals surface area contributed by atoms with Crippen LogP contribution >= 0.6 is 11.6 Å². The minimum Gasteiger partial charge on any atom is -0.193 e. The molecule has 0 N–H and O–H groups in total. The van der Waals surface area contributed by atoms with Crippen molar-refractivity contribution in [2.75, 3.05) is 0 Å². The molecule has 0 aromatic rings. The topological polar surface area (TPSA) is 23.8 Å². The molecule has 0 atom stereocenters. The van der Waals surface area contributed by atoms with Crippen LogP contribution in [0, 0.1) is 16.7 Å². The summed E-state index contributed by atoms with van der Waals surface area (Å²) in [5.74, 6) is 0. The molecule has 0 saturated carbocycles. The Balaban J connectivity index is 4.76. The minimum atomic E-state index is -0.0954. The van der Waals surface area contributed by atoms with Gasteiger partial charge in [0.2, 0.25) is 0 Å². The van der Waals surface area contributed by atoms with Crippen molar-refractivity contribution < 1.29 is 0 Å². The second-order valence-corrected chi connectivity index (χ2v) is 4.28. The quantitative estimate of drug-likeness (QED) is 0.600. The highest BCUT2D eigenvalue weighted by molar-refractivity contribution is 6.30. The maximum Gasteiger partial charge on any atom is 0.0959 e. The van der Waals surface area contributed by atoms with Crippen LogP contribution in [0.3, 0.4) is 0 Å². The Morgan fingerprint density at radius 1 is 1.42 bits per heavy atom. The van der Waals surface area contributed by atoms with Crippen LogP contribution in [0.4, 0.5) is 0 Å². The number of hydrogen-bond acceptors (Lipinski definition) is 1. The maximum absolute atomic E-state index is 8.80. The molecule has 68 valence electrons. The Hall–Kier alpha value is -0.480. The van der Waals surface area contributed by atoms with Crippen molar-refractivity contribution in [2.24, 2.45) is 5.41 Å². The molecule has 0 aliphatic rings. The summed E-state index contributed by atoms with van der Waals surface area (Å²) in [7, 11) is 0. The van der Waals surface area contributed by atoms with Gasteiger partial charge in [0.05, 0.1) is 6.07 Å². The molecule has 0 amide bonds. The molecule has 0 spiro atoms. The van der Waals surface area contributed by atoms with Gasteiger partial charge in [0.25, 0.3) is 0 Å². The van der Waals surface area contributed by atoms with Gasteiger partial charge in [-0.05, 0) is 11.8 Å². The first-order valence-corrected chi connectivity index (χ1v) is 4.60. The smallest absolute Gasteiger partial charge is 0.0959 e. The van der Waals surface area contributed by atoms with E-state index < -0.39 is 0 Å². The summed E-state index contributed by atoms with van der Waals surface area (Å²) in [6.45, 7) is 8.09. The number of nitrogens with zero attached hydrogens (tertiary/aromatic N) is 1. The highest BCUT2D eigenvalue weighted by atomic mass is 35.5. The fourth-order valence-electron chi connectivity index (χ4n) is 0.917. The Morgan fingerprint density at radius 2 is 1.92 bits per heavy atom. The fourth-order valence-corrected chi connectivity index (χ4v) is 1.05. The van der Waals surface area contributed by atoms with Gasteiger partial charge in [0.1, 0.15) is 0 Å². The van der Waals surface area contributed by atoms with Gasteiger partial charge in [0.15, 0.2) is 0 Å². The zero-order valence-corrected chi connectivity index (χ0v) is 9.00. The van der Waals surface area contributed by atoms with Crippen molar-refractivity contribution in [1.82, 2.24) is 0 Å². The Kier molecular flexibility index (Phi) is 4.34. The van der Waals surface area contributed by atoms with Gasteiger partial charge < -0.3 is 0 Å². The van der Waals surface area contributed by atoms with Crippen molar-refractivity contribution >= 4 is 11.6 Å². The molecule has 1 nitrogen and oxygen atoms in total. The first kappa shape index (κ1) is 11.5. The Labute approximate surface area is 80.0 Å². The third kappa shape index (κ3) is 3.28. The number of halogens is 1. The summed E-state index contributed by atoms with van der Waals surface area (Å²) in [5.41, 5.74) is 0.633. The summed E-state index contributed by atoms with van der Waals surface area (Å²) in [4.78, 5) is 0. The second-order valence-electron chi connectivity index (χ2n) is 3.90. The van der Waals surface area contributed by atoms with E-state index in [2.05, 4.69) is 6.07 Å². The van der Waals surface area contributed by atoms with Crippen LogP contribution in [0.15, 0.2) is 10.6 Å². The predicted molar refractivity (Wildman–Crippen MR) is 52.9 cm³/mol. The summed E-state index contributed by atoms with van der Waals surface area (Å²) in [6, 6.07) is 2.16. The molecule has 0 aromatic heterocycles. The Morgan fingerprint density at radius 3 is 2.17 bits per heavy atom. The fraction of sp³-hybridized carbons (Fsp3) is 0.700. The SMILES string of the molecule is CCCC(C#N)=C(Cl)C(C)(C)C. The number of hydrogen-bond donors (Lipinski definition) is 0. The number of nitriles is 1. The van der Waals surface area contributed by atoms with Crippen molar-refractivity contribution in [2.45, 2.75) is 40.5 Å². The van der Waals surface area contributed by atoms with Crippen LogP contribution in [0.5, 0.6) is 0 Å². The van der Waals surface area contributed by atoms with Crippen LogP contribution in [-0.2, 0) is 0 Å². The van der Waals surface area contributed by atoms with Crippen LogP contribution < -0.4 is 0 Å². The van der Waals surface area contributed by atoms with E-state index in [1.807, 2.05) is 27.7 Å². The molecular weight excluding hydrogens is 170 g/mol. The molecule has 0 heterocycles. The molecule has 0 saturated heterocycles. The van der Waals surface area contributed by atoms with Crippen molar-refractivity contribution in [3.63, 3.8) is 0 Å². The summed E-state index contributed by atoms with van der Waals surface area (Å²) in [6.07, 6.45) is 1.75. The lowest BCUT2D eigenvalue weighted by molar-refractivity contribution is 0.525. The lowest BCUT2D eigenvalue weighted by Crippen LogP contribution is -2.07. The van der Waals surface area contributed by atoms with Crippen molar-refractivity contribution in [3.8, 4) is 6.07 Å². The molecule has 0 aliphatic heterocycles. The summed E-state index contributed by atoms with van der Waals surface area (Å²) < 4.78 is 0. The highest BCUT2D eigenvalue weighted by Gasteiger charge is 2.18. The largest absolute Gasteiger partial charge is 0.193 e. The molecule has 12 heavy (non-hydrogen) atoms. The van der Waals surface area contributed by atoms with E-state index in [0.29, 0.717) is 5.03 Å². The van der Waals surface area contributed by atoms with E-state index in [1.165, 1.54) is 0 Å². The first-order valence-electron chi connectivity index (χ1n) is 4.22. The first-order chi connectivity index (χ1) is 5.43. The monoisotopic (exact) mass is 185 g/mol. The van der Waals surface area contributed by atoms with E-state index in [0.717, 1.165) is 18.4 Å². The normalized spacial score (nSPS) is 13.7. The molecule has 0 rings (SSSR count). The maximum atomic E-state index is 8.80. The molecule has 2 heteroatoms. The van der Waals surface area contributed by atoms with E-state index in [1.54, 1.807) is 0 Å². The minimum absolute atomic E-state index is 0.0954. The highest BCUT2D eigenvalue weighted by Crippen LogP contribution is 2.32. The van der Waals surface area contributed by atoms with E-state index in [-0.39, 0.29) is 5.41 Å². The van der Waals surface area contributed by atoms with Crippen LogP contribution in [0.25, 0.3) is 0 Å². The second kappa shape index (κ2) is 4.52. The average Bonchev–Trinajstić information content (AvgIpc) is 1.97. The lowest BCUT2D eigenvalue weighted by atomic mass is 9.92. The molecular formula is C10H16ClN. The van der Waals surface area contributed by atoms with Gasteiger partial charge in [-0.25, -0.2) is 0 Å². The van der Waals surface area contributed by atoms with Gasteiger partial charge in [-0.1, -0.05) is 45.7 Å². The van der Waals surface area contributed by atoms with Gasteiger partial charge in [-0.3, -0.25) is 0 Å². The molecule has 0 aliphatic carbocycles. The molecule has 0 aromatic carbocycles.